The molecule has 1 N–H and O–H groups in total. The van der Waals surface area contributed by atoms with Crippen LogP contribution in [0.15, 0.2) is 178 Å². The standard InChI is InChI=1S/C56H40N4OS/c1-33-14-11-17-35(30-33)44-32-47-51(39-19-6-5-18-37(39)44)41-20-7-9-24-45(41)60(47)46-25-12-22-40-38-29-28-36(31-50(38)62-53(40)46)55-57-54(34-15-3-2-4-16-34)58-56(59-55)43-23-13-27-49-52(43)42-21-8-10-26-48(42)61-49/h2-6,8-13,15-19,21-33,55H,7,14,20H2,1H3,(H,57,58,59). The van der Waals surface area contributed by atoms with Crippen molar-refractivity contribution in [3.05, 3.63) is 197 Å². The van der Waals surface area contributed by atoms with Crippen molar-refractivity contribution < 1.29 is 4.42 Å². The number of hydrogen-bond donors (Lipinski definition) is 1. The number of allylic oxidation sites excluding steroid dienone is 5. The van der Waals surface area contributed by atoms with E-state index in [4.69, 9.17) is 14.4 Å². The van der Waals surface area contributed by atoms with Crippen molar-refractivity contribution in [2.24, 2.45) is 15.9 Å². The van der Waals surface area contributed by atoms with Crippen molar-refractivity contribution in [3.8, 4) is 5.69 Å². The minimum Gasteiger partial charge on any atom is -0.456 e. The average Bonchev–Trinajstić information content (AvgIpc) is 4.01. The highest BCUT2D eigenvalue weighted by atomic mass is 32.1. The number of thiophene rings is 1. The zero-order valence-corrected chi connectivity index (χ0v) is 34.9. The van der Waals surface area contributed by atoms with Crippen LogP contribution in [0.3, 0.4) is 0 Å². The normalized spacial score (nSPS) is 17.5. The molecular weight excluding hydrogens is 777 g/mol. The van der Waals surface area contributed by atoms with Crippen molar-refractivity contribution >= 4 is 98.4 Å². The molecule has 0 bridgehead atoms. The fourth-order valence-corrected chi connectivity index (χ4v) is 11.5. The zero-order chi connectivity index (χ0) is 40.9. The Kier molecular flexibility index (Phi) is 7.94. The Morgan fingerprint density at radius 3 is 2.35 bits per heavy atom. The molecule has 0 saturated heterocycles. The summed E-state index contributed by atoms with van der Waals surface area (Å²) in [7, 11) is 0. The monoisotopic (exact) mass is 816 g/mol. The molecule has 13 rings (SSSR count). The molecular formula is C56H40N4OS. The molecule has 2 unspecified atom stereocenters. The predicted molar refractivity (Wildman–Crippen MR) is 261 cm³/mol. The highest BCUT2D eigenvalue weighted by Gasteiger charge is 2.27. The van der Waals surface area contributed by atoms with Crippen molar-refractivity contribution in [2.45, 2.75) is 32.4 Å². The van der Waals surface area contributed by atoms with E-state index in [0.29, 0.717) is 5.92 Å². The van der Waals surface area contributed by atoms with E-state index < -0.39 is 6.17 Å². The summed E-state index contributed by atoms with van der Waals surface area (Å²) >= 11 is 1.87. The van der Waals surface area contributed by atoms with E-state index in [0.717, 1.165) is 69.6 Å². The van der Waals surface area contributed by atoms with Crippen molar-refractivity contribution in [1.82, 2.24) is 9.88 Å². The maximum Gasteiger partial charge on any atom is 0.169 e. The summed E-state index contributed by atoms with van der Waals surface area (Å²) < 4.78 is 11.4. The van der Waals surface area contributed by atoms with Crippen molar-refractivity contribution in [3.63, 3.8) is 0 Å². The van der Waals surface area contributed by atoms with Gasteiger partial charge in [-0.25, -0.2) is 9.98 Å². The fraction of sp³-hybridized carbons (Fsp3) is 0.107. The van der Waals surface area contributed by atoms with Gasteiger partial charge in [-0.1, -0.05) is 140 Å². The van der Waals surface area contributed by atoms with Gasteiger partial charge in [0.05, 0.1) is 15.9 Å². The fourth-order valence-electron chi connectivity index (χ4n) is 10.2. The van der Waals surface area contributed by atoms with Crippen LogP contribution in [0, 0.1) is 5.92 Å². The van der Waals surface area contributed by atoms with Gasteiger partial charge in [0.1, 0.15) is 22.8 Å². The second-order valence-corrected chi connectivity index (χ2v) is 17.9. The first-order chi connectivity index (χ1) is 30.6. The lowest BCUT2D eigenvalue weighted by atomic mass is 9.88. The van der Waals surface area contributed by atoms with E-state index in [1.54, 1.807) is 0 Å². The molecule has 5 nitrogen and oxygen atoms in total. The van der Waals surface area contributed by atoms with Crippen molar-refractivity contribution in [1.29, 1.82) is 0 Å². The topological polar surface area (TPSA) is 54.8 Å². The molecule has 6 heteroatoms. The molecule has 296 valence electrons. The number of amidine groups is 2. The lowest BCUT2D eigenvalue weighted by molar-refractivity contribution is 0.669. The summed E-state index contributed by atoms with van der Waals surface area (Å²) in [6.07, 6.45) is 14.5. The van der Waals surface area contributed by atoms with Gasteiger partial charge in [0.15, 0.2) is 6.17 Å². The molecule has 10 aromatic rings. The second kappa shape index (κ2) is 13.9. The van der Waals surface area contributed by atoms with Gasteiger partial charge in [-0.3, -0.25) is 0 Å². The summed E-state index contributed by atoms with van der Waals surface area (Å²) in [6.45, 7) is 2.32. The molecule has 1 aliphatic heterocycles. The molecule has 62 heavy (non-hydrogen) atoms. The minimum atomic E-state index is -0.452. The average molecular weight is 817 g/mol. The summed E-state index contributed by atoms with van der Waals surface area (Å²) in [5, 5.41) is 12.3. The highest BCUT2D eigenvalue weighted by molar-refractivity contribution is 7.26. The van der Waals surface area contributed by atoms with Gasteiger partial charge in [-0.05, 0) is 94.6 Å². The summed E-state index contributed by atoms with van der Waals surface area (Å²) in [5.41, 5.74) is 12.6. The van der Waals surface area contributed by atoms with Crippen LogP contribution >= 0.6 is 11.3 Å². The maximum atomic E-state index is 6.31. The van der Waals surface area contributed by atoms with Gasteiger partial charge < -0.3 is 14.3 Å². The van der Waals surface area contributed by atoms with E-state index in [2.05, 4.69) is 156 Å². The van der Waals surface area contributed by atoms with Gasteiger partial charge in [0.25, 0.3) is 0 Å². The Labute approximate surface area is 362 Å². The van der Waals surface area contributed by atoms with Crippen LogP contribution in [-0.4, -0.2) is 16.2 Å². The third kappa shape index (κ3) is 5.46. The number of benzene rings is 7. The van der Waals surface area contributed by atoms with Crippen LogP contribution in [0.5, 0.6) is 0 Å². The highest BCUT2D eigenvalue weighted by Crippen LogP contribution is 2.46. The van der Waals surface area contributed by atoms with Crippen LogP contribution in [0.4, 0.5) is 0 Å². The predicted octanol–water partition coefficient (Wildman–Crippen LogP) is 14.5. The molecule has 0 amide bonds. The van der Waals surface area contributed by atoms with Gasteiger partial charge in [0.2, 0.25) is 0 Å². The number of furan rings is 1. The minimum absolute atomic E-state index is 0.452. The number of nitrogens with one attached hydrogen (secondary N) is 1. The van der Waals surface area contributed by atoms with Crippen LogP contribution in [0.1, 0.15) is 59.4 Å². The van der Waals surface area contributed by atoms with Gasteiger partial charge in [-0.2, -0.15) is 0 Å². The number of fused-ring (bicyclic) bond motifs is 11. The number of aliphatic imine (C=N–C) groups is 2. The zero-order valence-electron chi connectivity index (χ0n) is 34.1. The van der Waals surface area contributed by atoms with Gasteiger partial charge in [0, 0.05) is 48.5 Å². The second-order valence-electron chi connectivity index (χ2n) is 16.8. The summed E-state index contributed by atoms with van der Waals surface area (Å²) in [5.74, 6) is 2.08. The van der Waals surface area contributed by atoms with Crippen LogP contribution in [0.2, 0.25) is 0 Å². The molecule has 3 aromatic heterocycles. The van der Waals surface area contributed by atoms with E-state index in [1.165, 1.54) is 69.9 Å². The van der Waals surface area contributed by atoms with Crippen molar-refractivity contribution in [2.75, 3.05) is 0 Å². The summed E-state index contributed by atoms with van der Waals surface area (Å²) in [4.78, 5) is 10.7. The van der Waals surface area contributed by atoms with Crippen LogP contribution < -0.4 is 5.32 Å². The first-order valence-electron chi connectivity index (χ1n) is 21.6. The molecule has 0 spiro atoms. The summed E-state index contributed by atoms with van der Waals surface area (Å²) in [6, 6.07) is 50.0. The Morgan fingerprint density at radius 2 is 1.45 bits per heavy atom. The largest absolute Gasteiger partial charge is 0.456 e. The van der Waals surface area contributed by atoms with Crippen LogP contribution in [-0.2, 0) is 6.42 Å². The lowest BCUT2D eigenvalue weighted by Crippen LogP contribution is -2.36. The van der Waals surface area contributed by atoms with Gasteiger partial charge >= 0.3 is 0 Å². The number of para-hydroxylation sites is 1. The van der Waals surface area contributed by atoms with Gasteiger partial charge in [-0.15, -0.1) is 11.3 Å². The molecule has 2 aliphatic carbocycles. The molecule has 3 aliphatic rings. The Hall–Kier alpha value is -7.28. The van der Waals surface area contributed by atoms with E-state index in [1.807, 2.05) is 41.7 Å². The smallest absolute Gasteiger partial charge is 0.169 e. The first kappa shape index (κ1) is 35.5. The third-order valence-corrected chi connectivity index (χ3v) is 14.2. The maximum absolute atomic E-state index is 6.31. The molecule has 7 aromatic carbocycles. The lowest BCUT2D eigenvalue weighted by Gasteiger charge is -2.22. The van der Waals surface area contributed by atoms with E-state index in [9.17, 15) is 0 Å². The first-order valence-corrected chi connectivity index (χ1v) is 22.4. The molecule has 2 atom stereocenters. The Morgan fingerprint density at radius 1 is 0.661 bits per heavy atom. The number of aromatic nitrogens is 1. The number of nitrogens with zero attached hydrogens (tertiary/aromatic N) is 3. The van der Waals surface area contributed by atoms with Crippen LogP contribution in [0.25, 0.3) is 81.1 Å². The molecule has 0 radical (unpaired) electrons. The van der Waals surface area contributed by atoms with E-state index >= 15 is 0 Å². The number of hydrogen-bond acceptors (Lipinski definition) is 5. The Balaban J connectivity index is 0.997. The van der Waals surface area contributed by atoms with E-state index in [-0.39, 0.29) is 0 Å². The number of rotatable bonds is 5. The molecule has 4 heterocycles. The third-order valence-electron chi connectivity index (χ3n) is 13.0. The quantitative estimate of drug-likeness (QED) is 0.188. The SMILES string of the molecule is CC1C=C(c2cc3c(c4c(n3-c3cccc5c3sc3cc(C6N=C(c7ccccc7)NC(c7cccc8oc9ccccc9c78)=N6)ccc35)C=CCC4)c3ccccc23)C=CC1. The number of aryl methyl sites for hydroxylation is 1. The Bertz CT molecular complexity index is 3670. The molecule has 0 fully saturated rings. The molecule has 0 saturated carbocycles.